The van der Waals surface area contributed by atoms with Crippen LogP contribution in [0.4, 0.5) is 11.4 Å². The number of allylic oxidation sites excluding steroid dienone is 2. The van der Waals surface area contributed by atoms with Crippen molar-refractivity contribution in [3.63, 3.8) is 0 Å². The van der Waals surface area contributed by atoms with Crippen LogP contribution < -0.4 is 5.32 Å². The van der Waals surface area contributed by atoms with Crippen LogP contribution in [0.3, 0.4) is 0 Å². The Labute approximate surface area is 224 Å². The van der Waals surface area contributed by atoms with E-state index in [1.165, 1.54) is 16.7 Å². The Kier molecular flexibility index (Phi) is 9.63. The molecule has 0 aliphatic heterocycles. The van der Waals surface area contributed by atoms with Crippen LogP contribution in [-0.4, -0.2) is 10.7 Å². The number of nitrogens with one attached hydrogen (secondary N) is 1. The van der Waals surface area contributed by atoms with Gasteiger partial charge in [0.1, 0.15) is 0 Å². The molecule has 1 aromatic heterocycles. The van der Waals surface area contributed by atoms with Gasteiger partial charge >= 0.3 is 0 Å². The standard InChI is InChI=1S/C34H43N3/c1-10-27-15-13-17-29(22(2)3)33(27)36-25(8)32(21-28-16-11-12-20-35-28)26(9)37-34-30(23(4)5)18-14-19-31(34)24(6)7/h10-20,22-24,36H,1,21H2,2-9H3. The molecule has 2 aromatic carbocycles. The highest BCUT2D eigenvalue weighted by atomic mass is 14.9. The number of aliphatic imine (C=N–C) groups is 1. The molecule has 1 N–H and O–H groups in total. The summed E-state index contributed by atoms with van der Waals surface area (Å²) < 4.78 is 0. The third-order valence-corrected chi connectivity index (χ3v) is 6.88. The summed E-state index contributed by atoms with van der Waals surface area (Å²) in [4.78, 5) is 9.97. The largest absolute Gasteiger partial charge is 0.358 e. The first kappa shape index (κ1) is 28.1. The molecule has 1 heterocycles. The fraction of sp³-hybridized carbons (Fsp3) is 0.353. The summed E-state index contributed by atoms with van der Waals surface area (Å²) in [5, 5.41) is 3.77. The molecule has 0 aliphatic carbocycles. The van der Waals surface area contributed by atoms with E-state index in [0.29, 0.717) is 24.2 Å². The molecule has 3 heteroatoms. The zero-order valence-corrected chi connectivity index (χ0v) is 23.9. The predicted octanol–water partition coefficient (Wildman–Crippen LogP) is 9.82. The maximum absolute atomic E-state index is 5.33. The van der Waals surface area contributed by atoms with Crippen LogP contribution in [0.25, 0.3) is 6.08 Å². The van der Waals surface area contributed by atoms with Crippen LogP contribution in [0.1, 0.15) is 101 Å². The van der Waals surface area contributed by atoms with E-state index in [9.17, 15) is 0 Å². The van der Waals surface area contributed by atoms with Crippen molar-refractivity contribution in [3.05, 3.63) is 107 Å². The molecule has 3 rings (SSSR count). The molecule has 0 bridgehead atoms. The molecule has 194 valence electrons. The molecule has 37 heavy (non-hydrogen) atoms. The monoisotopic (exact) mass is 493 g/mol. The summed E-state index contributed by atoms with van der Waals surface area (Å²) in [6.45, 7) is 21.8. The zero-order valence-electron chi connectivity index (χ0n) is 23.9. The second-order valence-electron chi connectivity index (χ2n) is 10.7. The predicted molar refractivity (Wildman–Crippen MR) is 162 cm³/mol. The summed E-state index contributed by atoms with van der Waals surface area (Å²) in [7, 11) is 0. The summed E-state index contributed by atoms with van der Waals surface area (Å²) in [6, 6.07) is 19.1. The highest BCUT2D eigenvalue weighted by Gasteiger charge is 2.17. The third kappa shape index (κ3) is 6.85. The quantitative estimate of drug-likeness (QED) is 0.285. The van der Waals surface area contributed by atoms with E-state index in [2.05, 4.69) is 115 Å². The molecule has 0 spiro atoms. The van der Waals surface area contributed by atoms with E-state index in [4.69, 9.17) is 4.99 Å². The van der Waals surface area contributed by atoms with Crippen molar-refractivity contribution in [2.45, 2.75) is 79.6 Å². The lowest BCUT2D eigenvalue weighted by molar-refractivity contribution is 0.834. The van der Waals surface area contributed by atoms with Crippen molar-refractivity contribution in [2.75, 3.05) is 5.32 Å². The van der Waals surface area contributed by atoms with Gasteiger partial charge in [-0.1, -0.05) is 96.7 Å². The second kappa shape index (κ2) is 12.7. The van der Waals surface area contributed by atoms with Gasteiger partial charge in [-0.25, -0.2) is 0 Å². The van der Waals surface area contributed by atoms with Crippen molar-refractivity contribution >= 4 is 23.2 Å². The lowest BCUT2D eigenvalue weighted by Crippen LogP contribution is -2.12. The summed E-state index contributed by atoms with van der Waals surface area (Å²) in [6.07, 6.45) is 4.48. The Morgan fingerprint density at radius 2 is 1.43 bits per heavy atom. The molecule has 0 radical (unpaired) electrons. The molecule has 0 saturated heterocycles. The number of nitrogens with zero attached hydrogens (tertiary/aromatic N) is 2. The number of aromatic nitrogens is 1. The van der Waals surface area contributed by atoms with Crippen molar-refractivity contribution in [1.29, 1.82) is 0 Å². The van der Waals surface area contributed by atoms with E-state index < -0.39 is 0 Å². The smallest absolute Gasteiger partial charge is 0.0702 e. The van der Waals surface area contributed by atoms with Crippen molar-refractivity contribution < 1.29 is 0 Å². The van der Waals surface area contributed by atoms with E-state index >= 15 is 0 Å². The molecule has 3 aromatic rings. The molecular formula is C34H43N3. The molecule has 0 atom stereocenters. The van der Waals surface area contributed by atoms with Crippen LogP contribution in [-0.2, 0) is 6.42 Å². The van der Waals surface area contributed by atoms with Crippen molar-refractivity contribution in [2.24, 2.45) is 4.99 Å². The van der Waals surface area contributed by atoms with Gasteiger partial charge in [-0.05, 0) is 71.6 Å². The van der Waals surface area contributed by atoms with Gasteiger partial charge < -0.3 is 5.32 Å². The number of pyridine rings is 1. The number of para-hydroxylation sites is 2. The van der Waals surface area contributed by atoms with Crippen molar-refractivity contribution in [3.8, 4) is 0 Å². The lowest BCUT2D eigenvalue weighted by Gasteiger charge is -2.21. The molecule has 0 fully saturated rings. The van der Waals surface area contributed by atoms with Gasteiger partial charge in [0.25, 0.3) is 0 Å². The Morgan fingerprint density at radius 3 is 1.97 bits per heavy atom. The SMILES string of the molecule is C=Cc1cccc(C(C)C)c1NC(C)=C(Cc1ccccn1)C(C)=Nc1c(C(C)C)cccc1C(C)C. The Bertz CT molecular complexity index is 1250. The topological polar surface area (TPSA) is 37.3 Å². The molecule has 3 nitrogen and oxygen atoms in total. The van der Waals surface area contributed by atoms with Gasteiger partial charge in [0.05, 0.1) is 5.69 Å². The lowest BCUT2D eigenvalue weighted by atomic mass is 9.92. The maximum atomic E-state index is 5.33. The van der Waals surface area contributed by atoms with Crippen LogP contribution in [0.2, 0.25) is 0 Å². The van der Waals surface area contributed by atoms with E-state index in [0.717, 1.165) is 39.6 Å². The normalized spacial score (nSPS) is 12.8. The average molecular weight is 494 g/mol. The Hall–Kier alpha value is -3.46. The van der Waals surface area contributed by atoms with Gasteiger partial charge in [0.15, 0.2) is 0 Å². The molecule has 0 saturated carbocycles. The highest BCUT2D eigenvalue weighted by molar-refractivity contribution is 6.01. The van der Waals surface area contributed by atoms with Crippen LogP contribution in [0, 0.1) is 0 Å². The first-order valence-corrected chi connectivity index (χ1v) is 13.4. The maximum Gasteiger partial charge on any atom is 0.0702 e. The minimum atomic E-state index is 0.385. The minimum absolute atomic E-state index is 0.385. The third-order valence-electron chi connectivity index (χ3n) is 6.88. The van der Waals surface area contributed by atoms with Gasteiger partial charge in [0.2, 0.25) is 0 Å². The molecular weight excluding hydrogens is 450 g/mol. The second-order valence-corrected chi connectivity index (χ2v) is 10.7. The average Bonchev–Trinajstić information content (AvgIpc) is 2.87. The fourth-order valence-corrected chi connectivity index (χ4v) is 4.74. The number of benzene rings is 2. The van der Waals surface area contributed by atoms with E-state index in [1.807, 2.05) is 24.4 Å². The first-order chi connectivity index (χ1) is 17.6. The summed E-state index contributed by atoms with van der Waals surface area (Å²) in [5.74, 6) is 1.16. The van der Waals surface area contributed by atoms with Gasteiger partial charge in [-0.15, -0.1) is 0 Å². The fourth-order valence-electron chi connectivity index (χ4n) is 4.74. The molecule has 0 aliphatic rings. The van der Waals surface area contributed by atoms with Crippen LogP contribution in [0.15, 0.2) is 83.6 Å². The van der Waals surface area contributed by atoms with E-state index in [-0.39, 0.29) is 0 Å². The van der Waals surface area contributed by atoms with Gasteiger partial charge in [-0.2, -0.15) is 0 Å². The Morgan fingerprint density at radius 1 is 0.838 bits per heavy atom. The van der Waals surface area contributed by atoms with Crippen LogP contribution >= 0.6 is 0 Å². The zero-order chi connectivity index (χ0) is 27.1. The Balaban J connectivity index is 2.21. The van der Waals surface area contributed by atoms with E-state index in [1.54, 1.807) is 0 Å². The number of hydrogen-bond acceptors (Lipinski definition) is 3. The summed E-state index contributed by atoms with van der Waals surface area (Å²) in [5.41, 5.74) is 11.4. The molecule has 0 unspecified atom stereocenters. The summed E-state index contributed by atoms with van der Waals surface area (Å²) >= 11 is 0. The van der Waals surface area contributed by atoms with Gasteiger partial charge in [0, 0.05) is 35.4 Å². The highest BCUT2D eigenvalue weighted by Crippen LogP contribution is 2.36. The van der Waals surface area contributed by atoms with Crippen LogP contribution in [0.5, 0.6) is 0 Å². The minimum Gasteiger partial charge on any atom is -0.358 e. The van der Waals surface area contributed by atoms with Gasteiger partial charge in [-0.3, -0.25) is 9.98 Å². The first-order valence-electron chi connectivity index (χ1n) is 13.4. The molecule has 0 amide bonds. The van der Waals surface area contributed by atoms with Crippen molar-refractivity contribution in [1.82, 2.24) is 4.98 Å². The number of anilines is 1. The number of rotatable bonds is 10. The number of hydrogen-bond donors (Lipinski definition) is 1.